The summed E-state index contributed by atoms with van der Waals surface area (Å²) in [6, 6.07) is 14.8. The van der Waals surface area contributed by atoms with E-state index in [1.807, 2.05) is 48.2 Å². The molecule has 0 saturated carbocycles. The van der Waals surface area contributed by atoms with Crippen molar-refractivity contribution in [1.29, 1.82) is 0 Å². The van der Waals surface area contributed by atoms with Gasteiger partial charge in [-0.15, -0.1) is 0 Å². The average molecular weight is 422 g/mol. The number of amides is 1. The van der Waals surface area contributed by atoms with Crippen molar-refractivity contribution in [1.82, 2.24) is 19.7 Å². The molecule has 0 aliphatic carbocycles. The Bertz CT molecular complexity index is 1210. The number of carbonyl (C=O) groups excluding carboxylic acids is 1. The molecule has 6 nitrogen and oxygen atoms in total. The Hall–Kier alpha value is -3.26. The Morgan fingerprint density at radius 2 is 1.80 bits per heavy atom. The molecule has 30 heavy (non-hydrogen) atoms. The van der Waals surface area contributed by atoms with Crippen molar-refractivity contribution in [2.45, 2.75) is 6.92 Å². The number of rotatable bonds is 3. The second kappa shape index (κ2) is 7.53. The van der Waals surface area contributed by atoms with Crippen molar-refractivity contribution >= 4 is 32.6 Å². The Morgan fingerprint density at radius 1 is 1.03 bits per heavy atom. The third-order valence-corrected chi connectivity index (χ3v) is 6.52. The van der Waals surface area contributed by atoms with E-state index in [2.05, 4.69) is 15.0 Å². The van der Waals surface area contributed by atoms with E-state index in [0.717, 1.165) is 21.2 Å². The fourth-order valence-electron chi connectivity index (χ4n) is 3.76. The molecule has 5 rings (SSSR count). The third kappa shape index (κ3) is 3.23. The standard InChI is InChI=1S/C22H20FN5OS/c1-15-17(14-24-28(15)16-6-3-2-4-7-16)21(29)26-10-12-27(13-11-26)22-25-20-18(23)8-5-9-19(20)30-22/h2-9,14H,10-13H2,1H3. The highest BCUT2D eigenvalue weighted by atomic mass is 32.1. The van der Waals surface area contributed by atoms with E-state index in [0.29, 0.717) is 37.3 Å². The minimum Gasteiger partial charge on any atom is -0.345 e. The minimum absolute atomic E-state index is 0.00956. The third-order valence-electron chi connectivity index (χ3n) is 5.44. The van der Waals surface area contributed by atoms with Crippen LogP contribution in [0.5, 0.6) is 0 Å². The largest absolute Gasteiger partial charge is 0.345 e. The predicted octanol–water partition coefficient (Wildman–Crippen LogP) is 3.89. The number of halogens is 1. The van der Waals surface area contributed by atoms with Gasteiger partial charge in [-0.05, 0) is 31.2 Å². The van der Waals surface area contributed by atoms with Crippen molar-refractivity contribution < 1.29 is 9.18 Å². The lowest BCUT2D eigenvalue weighted by Gasteiger charge is -2.34. The summed E-state index contributed by atoms with van der Waals surface area (Å²) >= 11 is 1.49. The molecule has 0 atom stereocenters. The van der Waals surface area contributed by atoms with Crippen molar-refractivity contribution in [3.8, 4) is 5.69 Å². The van der Waals surface area contributed by atoms with Gasteiger partial charge in [0.2, 0.25) is 0 Å². The molecule has 152 valence electrons. The molecule has 2 aromatic carbocycles. The van der Waals surface area contributed by atoms with E-state index in [1.165, 1.54) is 17.4 Å². The van der Waals surface area contributed by atoms with Crippen LogP contribution < -0.4 is 4.90 Å². The van der Waals surface area contributed by atoms with Crippen LogP contribution >= 0.6 is 11.3 Å². The van der Waals surface area contributed by atoms with Crippen LogP contribution in [0.15, 0.2) is 54.7 Å². The van der Waals surface area contributed by atoms with Crippen LogP contribution in [0.4, 0.5) is 9.52 Å². The number of nitrogens with zero attached hydrogens (tertiary/aromatic N) is 5. The number of benzene rings is 2. The Balaban J connectivity index is 1.30. The maximum atomic E-state index is 13.9. The van der Waals surface area contributed by atoms with E-state index in [-0.39, 0.29) is 11.7 Å². The molecule has 2 aromatic heterocycles. The molecule has 3 heterocycles. The predicted molar refractivity (Wildman–Crippen MR) is 116 cm³/mol. The topological polar surface area (TPSA) is 54.3 Å². The summed E-state index contributed by atoms with van der Waals surface area (Å²) in [5.41, 5.74) is 2.80. The monoisotopic (exact) mass is 421 g/mol. The molecular formula is C22H20FN5OS. The smallest absolute Gasteiger partial charge is 0.257 e. The van der Waals surface area contributed by atoms with Crippen LogP contribution in [-0.2, 0) is 0 Å². The van der Waals surface area contributed by atoms with Crippen LogP contribution in [0, 0.1) is 12.7 Å². The number of hydrogen-bond acceptors (Lipinski definition) is 5. The molecule has 0 bridgehead atoms. The maximum Gasteiger partial charge on any atom is 0.257 e. The number of piperazine rings is 1. The Kier molecular flexibility index (Phi) is 4.71. The number of anilines is 1. The van der Waals surface area contributed by atoms with Gasteiger partial charge in [-0.3, -0.25) is 4.79 Å². The summed E-state index contributed by atoms with van der Waals surface area (Å²) in [6.07, 6.45) is 1.65. The summed E-state index contributed by atoms with van der Waals surface area (Å²) in [5.74, 6) is -0.306. The molecule has 0 N–H and O–H groups in total. The van der Waals surface area contributed by atoms with Crippen molar-refractivity contribution in [2.75, 3.05) is 31.1 Å². The van der Waals surface area contributed by atoms with E-state index in [4.69, 9.17) is 0 Å². The van der Waals surface area contributed by atoms with E-state index < -0.39 is 0 Å². The van der Waals surface area contributed by atoms with Crippen LogP contribution in [0.3, 0.4) is 0 Å². The summed E-state index contributed by atoms with van der Waals surface area (Å²) in [6.45, 7) is 4.43. The van der Waals surface area contributed by atoms with E-state index in [9.17, 15) is 9.18 Å². The molecular weight excluding hydrogens is 401 g/mol. The van der Waals surface area contributed by atoms with Gasteiger partial charge in [0.1, 0.15) is 11.3 Å². The van der Waals surface area contributed by atoms with Gasteiger partial charge < -0.3 is 9.80 Å². The zero-order valence-corrected chi connectivity index (χ0v) is 17.3. The first-order valence-corrected chi connectivity index (χ1v) is 10.6. The normalized spacial score (nSPS) is 14.5. The molecule has 0 unspecified atom stereocenters. The summed E-state index contributed by atoms with van der Waals surface area (Å²) in [7, 11) is 0. The van der Waals surface area contributed by atoms with E-state index in [1.54, 1.807) is 16.9 Å². The fourth-order valence-corrected chi connectivity index (χ4v) is 4.79. The molecule has 1 amide bonds. The summed E-state index contributed by atoms with van der Waals surface area (Å²) in [5, 5.41) is 5.21. The van der Waals surface area contributed by atoms with Gasteiger partial charge in [-0.25, -0.2) is 14.1 Å². The average Bonchev–Trinajstić information content (AvgIpc) is 3.39. The van der Waals surface area contributed by atoms with Gasteiger partial charge >= 0.3 is 0 Å². The highest BCUT2D eigenvalue weighted by Gasteiger charge is 2.26. The second-order valence-electron chi connectivity index (χ2n) is 7.25. The van der Waals surface area contributed by atoms with Gasteiger partial charge in [-0.2, -0.15) is 5.10 Å². The molecule has 1 aliphatic heterocycles. The van der Waals surface area contributed by atoms with E-state index >= 15 is 0 Å². The highest BCUT2D eigenvalue weighted by Crippen LogP contribution is 2.31. The summed E-state index contributed by atoms with van der Waals surface area (Å²) < 4.78 is 16.6. The summed E-state index contributed by atoms with van der Waals surface area (Å²) in [4.78, 5) is 21.5. The molecule has 1 aliphatic rings. The Labute approximate surface area is 177 Å². The highest BCUT2D eigenvalue weighted by molar-refractivity contribution is 7.22. The molecule has 1 fully saturated rings. The van der Waals surface area contributed by atoms with Gasteiger partial charge in [0.25, 0.3) is 5.91 Å². The van der Waals surface area contributed by atoms with Gasteiger partial charge in [0.05, 0.1) is 27.8 Å². The van der Waals surface area contributed by atoms with Crippen LogP contribution in [0.1, 0.15) is 16.1 Å². The number of thiazole rings is 1. The van der Waals surface area contributed by atoms with Crippen LogP contribution in [0.25, 0.3) is 15.9 Å². The first-order valence-electron chi connectivity index (χ1n) is 9.81. The van der Waals surface area contributed by atoms with Crippen molar-refractivity contribution in [2.24, 2.45) is 0 Å². The van der Waals surface area contributed by atoms with Crippen molar-refractivity contribution in [3.63, 3.8) is 0 Å². The number of hydrogen-bond donors (Lipinski definition) is 0. The minimum atomic E-state index is -0.297. The lowest BCUT2D eigenvalue weighted by atomic mass is 10.2. The maximum absolute atomic E-state index is 13.9. The van der Waals surface area contributed by atoms with Gasteiger partial charge in [0, 0.05) is 26.2 Å². The lowest BCUT2D eigenvalue weighted by molar-refractivity contribution is 0.0746. The number of carbonyl (C=O) groups is 1. The van der Waals surface area contributed by atoms with Crippen LogP contribution in [0.2, 0.25) is 0 Å². The SMILES string of the molecule is Cc1c(C(=O)N2CCN(c3nc4c(F)cccc4s3)CC2)cnn1-c1ccccc1. The first kappa shape index (κ1) is 18.7. The fraction of sp³-hybridized carbons (Fsp3) is 0.227. The number of fused-ring (bicyclic) bond motifs is 1. The molecule has 8 heteroatoms. The Morgan fingerprint density at radius 3 is 2.53 bits per heavy atom. The van der Waals surface area contributed by atoms with Crippen molar-refractivity contribution in [3.05, 3.63) is 71.8 Å². The zero-order chi connectivity index (χ0) is 20.7. The number of para-hydroxylation sites is 2. The second-order valence-corrected chi connectivity index (χ2v) is 8.26. The molecule has 0 spiro atoms. The molecule has 4 aromatic rings. The van der Waals surface area contributed by atoms with Gasteiger partial charge in [0.15, 0.2) is 5.13 Å². The number of aromatic nitrogens is 3. The molecule has 1 saturated heterocycles. The van der Waals surface area contributed by atoms with Crippen LogP contribution in [-0.4, -0.2) is 51.8 Å². The first-order chi connectivity index (χ1) is 14.6. The zero-order valence-electron chi connectivity index (χ0n) is 16.5. The van der Waals surface area contributed by atoms with Gasteiger partial charge in [-0.1, -0.05) is 35.6 Å². The molecule has 0 radical (unpaired) electrons. The lowest BCUT2D eigenvalue weighted by Crippen LogP contribution is -2.48. The quantitative estimate of drug-likeness (QED) is 0.504.